The molecule has 6 heteroatoms. The minimum absolute atomic E-state index is 0.488. The summed E-state index contributed by atoms with van der Waals surface area (Å²) in [7, 11) is 2.06. The quantitative estimate of drug-likeness (QED) is 0.445. The summed E-state index contributed by atoms with van der Waals surface area (Å²) in [5.41, 5.74) is 5.16. The third kappa shape index (κ3) is 4.16. The fourth-order valence-corrected chi connectivity index (χ4v) is 4.57. The molecule has 0 saturated carbocycles. The van der Waals surface area contributed by atoms with Crippen molar-refractivity contribution in [3.63, 3.8) is 0 Å². The average molecular weight is 432 g/mol. The van der Waals surface area contributed by atoms with Gasteiger partial charge in [0.15, 0.2) is 0 Å². The number of benzene rings is 1. The zero-order valence-electron chi connectivity index (χ0n) is 17.6. The standard InChI is InChI=1S/C25H26ClN5/c1-31(16-17-6-3-2-4-7-17)23-10-9-21(26)24(30-23)19-11-13-28-25-20(19)14-22(29-25)18-8-5-12-27-15-18/h2-4,6-7,9-11,13-14,18,27H,5,8,12,15-16H2,1H3,(H,28,29). The van der Waals surface area contributed by atoms with E-state index in [0.717, 1.165) is 47.7 Å². The van der Waals surface area contributed by atoms with Gasteiger partial charge in [0, 0.05) is 48.9 Å². The van der Waals surface area contributed by atoms with Crippen molar-refractivity contribution in [1.29, 1.82) is 0 Å². The maximum atomic E-state index is 6.63. The monoisotopic (exact) mass is 431 g/mol. The molecule has 4 aromatic rings. The van der Waals surface area contributed by atoms with Gasteiger partial charge >= 0.3 is 0 Å². The van der Waals surface area contributed by atoms with Crippen molar-refractivity contribution in [2.75, 3.05) is 25.0 Å². The second-order valence-electron chi connectivity index (χ2n) is 8.23. The molecule has 1 fully saturated rings. The van der Waals surface area contributed by atoms with E-state index in [0.29, 0.717) is 10.9 Å². The number of pyridine rings is 2. The predicted octanol–water partition coefficient (Wildman–Crippen LogP) is 5.38. The Morgan fingerprint density at radius 3 is 2.81 bits per heavy atom. The number of hydrogen-bond acceptors (Lipinski definition) is 4. The van der Waals surface area contributed by atoms with Crippen molar-refractivity contribution in [3.8, 4) is 11.3 Å². The van der Waals surface area contributed by atoms with Crippen LogP contribution in [0.2, 0.25) is 5.02 Å². The third-order valence-electron chi connectivity index (χ3n) is 6.03. The zero-order valence-corrected chi connectivity index (χ0v) is 18.4. The molecular formula is C25H26ClN5. The molecule has 5 nitrogen and oxygen atoms in total. The number of fused-ring (bicyclic) bond motifs is 1. The molecule has 0 amide bonds. The number of piperidine rings is 1. The van der Waals surface area contributed by atoms with Crippen LogP contribution in [0.25, 0.3) is 22.3 Å². The second kappa shape index (κ2) is 8.69. The molecule has 0 spiro atoms. The molecule has 1 aliphatic rings. The minimum atomic E-state index is 0.488. The van der Waals surface area contributed by atoms with Crippen LogP contribution in [0, 0.1) is 0 Å². The lowest BCUT2D eigenvalue weighted by Crippen LogP contribution is -2.28. The van der Waals surface area contributed by atoms with Gasteiger partial charge in [0.25, 0.3) is 0 Å². The van der Waals surface area contributed by atoms with Crippen molar-refractivity contribution in [2.45, 2.75) is 25.3 Å². The van der Waals surface area contributed by atoms with Gasteiger partial charge in [-0.3, -0.25) is 0 Å². The number of aromatic amines is 1. The molecule has 0 aliphatic carbocycles. The van der Waals surface area contributed by atoms with Gasteiger partial charge in [-0.05, 0) is 49.2 Å². The SMILES string of the molecule is CN(Cc1ccccc1)c1ccc(Cl)c(-c2ccnc3[nH]c(C4CCCNC4)cc23)n1. The number of hydrogen-bond donors (Lipinski definition) is 2. The van der Waals surface area contributed by atoms with E-state index >= 15 is 0 Å². The lowest BCUT2D eigenvalue weighted by atomic mass is 9.96. The molecule has 1 saturated heterocycles. The molecule has 3 aromatic heterocycles. The normalized spacial score (nSPS) is 16.5. The van der Waals surface area contributed by atoms with E-state index in [1.54, 1.807) is 0 Å². The van der Waals surface area contributed by atoms with Crippen LogP contribution in [0.4, 0.5) is 5.82 Å². The lowest BCUT2D eigenvalue weighted by molar-refractivity contribution is 0.456. The highest BCUT2D eigenvalue weighted by molar-refractivity contribution is 6.33. The summed E-state index contributed by atoms with van der Waals surface area (Å²) < 4.78 is 0. The molecule has 1 aliphatic heterocycles. The first-order valence-electron chi connectivity index (χ1n) is 10.8. The van der Waals surface area contributed by atoms with Crippen LogP contribution in [0.3, 0.4) is 0 Å². The summed E-state index contributed by atoms with van der Waals surface area (Å²) in [6.07, 6.45) is 4.22. The topological polar surface area (TPSA) is 56.8 Å². The number of nitrogens with zero attached hydrogens (tertiary/aromatic N) is 3. The second-order valence-corrected chi connectivity index (χ2v) is 8.64. The van der Waals surface area contributed by atoms with Crippen LogP contribution in [-0.4, -0.2) is 35.1 Å². The van der Waals surface area contributed by atoms with Gasteiger partial charge in [0.2, 0.25) is 0 Å². The number of rotatable bonds is 5. The van der Waals surface area contributed by atoms with Crippen LogP contribution in [0.5, 0.6) is 0 Å². The molecule has 1 aromatic carbocycles. The van der Waals surface area contributed by atoms with E-state index in [-0.39, 0.29) is 0 Å². The maximum Gasteiger partial charge on any atom is 0.138 e. The van der Waals surface area contributed by atoms with Gasteiger partial charge in [-0.1, -0.05) is 41.9 Å². The number of nitrogens with one attached hydrogen (secondary N) is 2. The minimum Gasteiger partial charge on any atom is -0.355 e. The molecular weight excluding hydrogens is 406 g/mol. The van der Waals surface area contributed by atoms with E-state index in [1.165, 1.54) is 24.1 Å². The summed E-state index contributed by atoms with van der Waals surface area (Å²) in [5, 5.41) is 5.21. The Morgan fingerprint density at radius 1 is 1.13 bits per heavy atom. The Morgan fingerprint density at radius 2 is 2.00 bits per heavy atom. The first-order valence-corrected chi connectivity index (χ1v) is 11.2. The molecule has 5 rings (SSSR count). The molecule has 31 heavy (non-hydrogen) atoms. The molecule has 4 heterocycles. The molecule has 2 N–H and O–H groups in total. The predicted molar refractivity (Wildman–Crippen MR) is 128 cm³/mol. The van der Waals surface area contributed by atoms with Crippen molar-refractivity contribution >= 4 is 28.5 Å². The number of aromatic nitrogens is 3. The fourth-order valence-electron chi connectivity index (χ4n) is 4.36. The third-order valence-corrected chi connectivity index (χ3v) is 6.33. The first-order chi connectivity index (χ1) is 15.2. The van der Waals surface area contributed by atoms with Gasteiger partial charge in [-0.25, -0.2) is 9.97 Å². The van der Waals surface area contributed by atoms with Gasteiger partial charge in [0.05, 0.1) is 10.7 Å². The van der Waals surface area contributed by atoms with Gasteiger partial charge in [0.1, 0.15) is 11.5 Å². The molecule has 158 valence electrons. The summed E-state index contributed by atoms with van der Waals surface area (Å²) in [5.74, 6) is 1.38. The Kier molecular flexibility index (Phi) is 5.62. The number of halogens is 1. The van der Waals surface area contributed by atoms with E-state index in [9.17, 15) is 0 Å². The smallest absolute Gasteiger partial charge is 0.138 e. The van der Waals surface area contributed by atoms with E-state index in [4.69, 9.17) is 16.6 Å². The van der Waals surface area contributed by atoms with Crippen LogP contribution in [0.15, 0.2) is 60.8 Å². The van der Waals surface area contributed by atoms with Crippen LogP contribution in [0.1, 0.15) is 30.0 Å². The zero-order chi connectivity index (χ0) is 21.2. The summed E-state index contributed by atoms with van der Waals surface area (Å²) in [6.45, 7) is 2.88. The molecule has 1 atom stereocenters. The lowest BCUT2D eigenvalue weighted by Gasteiger charge is -2.21. The van der Waals surface area contributed by atoms with E-state index < -0.39 is 0 Å². The van der Waals surface area contributed by atoms with Crippen molar-refractivity contribution in [1.82, 2.24) is 20.3 Å². The van der Waals surface area contributed by atoms with Crippen molar-refractivity contribution in [2.24, 2.45) is 0 Å². The Balaban J connectivity index is 1.50. The largest absolute Gasteiger partial charge is 0.355 e. The number of H-pyrrole nitrogens is 1. The van der Waals surface area contributed by atoms with Gasteiger partial charge < -0.3 is 15.2 Å². The van der Waals surface area contributed by atoms with E-state index in [1.807, 2.05) is 30.5 Å². The number of anilines is 1. The highest BCUT2D eigenvalue weighted by Gasteiger charge is 2.20. The van der Waals surface area contributed by atoms with Crippen LogP contribution < -0.4 is 10.2 Å². The van der Waals surface area contributed by atoms with Crippen molar-refractivity contribution in [3.05, 3.63) is 77.1 Å². The van der Waals surface area contributed by atoms with E-state index in [2.05, 4.69) is 57.6 Å². The highest BCUT2D eigenvalue weighted by Crippen LogP contribution is 2.35. The maximum absolute atomic E-state index is 6.63. The average Bonchev–Trinajstić information content (AvgIpc) is 3.25. The molecule has 1 unspecified atom stereocenters. The molecule has 0 radical (unpaired) electrons. The Labute approximate surface area is 187 Å². The van der Waals surface area contributed by atoms with Crippen molar-refractivity contribution < 1.29 is 0 Å². The van der Waals surface area contributed by atoms with Crippen LogP contribution in [-0.2, 0) is 6.54 Å². The summed E-state index contributed by atoms with van der Waals surface area (Å²) in [6, 6.07) is 18.6. The highest BCUT2D eigenvalue weighted by atomic mass is 35.5. The first kappa shape index (κ1) is 20.0. The fraction of sp³-hybridized carbons (Fsp3) is 0.280. The van der Waals surface area contributed by atoms with Gasteiger partial charge in [-0.15, -0.1) is 0 Å². The Bertz CT molecular complexity index is 1180. The summed E-state index contributed by atoms with van der Waals surface area (Å²) in [4.78, 5) is 15.2. The van der Waals surface area contributed by atoms with Gasteiger partial charge in [-0.2, -0.15) is 0 Å². The van der Waals surface area contributed by atoms with Crippen LogP contribution >= 0.6 is 11.6 Å². The summed E-state index contributed by atoms with van der Waals surface area (Å²) >= 11 is 6.63. The Hall–Kier alpha value is -2.89. The molecule has 0 bridgehead atoms.